The van der Waals surface area contributed by atoms with Crippen LogP contribution in [0.1, 0.15) is 17.2 Å². The third-order valence-corrected chi connectivity index (χ3v) is 3.49. The standard InChI is InChI=1S/C18H18N4O/c23-16(22-18-19-11-12-20-18)13-21-17(14-7-3-1-4-8-14)15-9-5-2-6-10-15/h1-12,17,21H,13H2,(H2,19,20,22,23). The first-order valence-electron chi connectivity index (χ1n) is 7.45. The third kappa shape index (κ3) is 4.05. The highest BCUT2D eigenvalue weighted by atomic mass is 16.2. The molecule has 23 heavy (non-hydrogen) atoms. The molecular formula is C18H18N4O. The number of imidazole rings is 1. The smallest absolute Gasteiger partial charge is 0.240 e. The van der Waals surface area contributed by atoms with Crippen molar-refractivity contribution in [1.29, 1.82) is 0 Å². The molecule has 3 N–H and O–H groups in total. The van der Waals surface area contributed by atoms with E-state index in [1.165, 1.54) is 0 Å². The van der Waals surface area contributed by atoms with Crippen LogP contribution in [0.5, 0.6) is 0 Å². The Hall–Kier alpha value is -2.92. The Kier molecular flexibility index (Phi) is 4.81. The summed E-state index contributed by atoms with van der Waals surface area (Å²) in [6.45, 7) is 0.190. The van der Waals surface area contributed by atoms with Crippen LogP contribution in [-0.4, -0.2) is 22.4 Å². The number of carbonyl (C=O) groups is 1. The lowest BCUT2D eigenvalue weighted by Gasteiger charge is -2.19. The zero-order valence-corrected chi connectivity index (χ0v) is 12.6. The summed E-state index contributed by atoms with van der Waals surface area (Å²) in [5.74, 6) is 0.310. The lowest BCUT2D eigenvalue weighted by Crippen LogP contribution is -2.32. The number of carbonyl (C=O) groups excluding carboxylic acids is 1. The van der Waals surface area contributed by atoms with Crippen molar-refractivity contribution in [3.63, 3.8) is 0 Å². The Labute approximate surface area is 134 Å². The molecule has 2 aromatic carbocycles. The summed E-state index contributed by atoms with van der Waals surface area (Å²) < 4.78 is 0. The van der Waals surface area contributed by atoms with Gasteiger partial charge in [0.1, 0.15) is 0 Å². The van der Waals surface area contributed by atoms with E-state index in [0.717, 1.165) is 11.1 Å². The lowest BCUT2D eigenvalue weighted by molar-refractivity contribution is -0.115. The Balaban J connectivity index is 1.71. The summed E-state index contributed by atoms with van der Waals surface area (Å²) in [5.41, 5.74) is 2.23. The molecule has 0 aliphatic carbocycles. The minimum Gasteiger partial charge on any atom is -0.331 e. The van der Waals surface area contributed by atoms with E-state index in [9.17, 15) is 4.79 Å². The van der Waals surface area contributed by atoms with Gasteiger partial charge in [-0.2, -0.15) is 0 Å². The number of rotatable bonds is 6. The molecule has 0 bridgehead atoms. The number of H-pyrrole nitrogens is 1. The van der Waals surface area contributed by atoms with Crippen molar-refractivity contribution < 1.29 is 4.79 Å². The summed E-state index contributed by atoms with van der Waals surface area (Å²) in [5, 5.41) is 6.02. The van der Waals surface area contributed by atoms with Gasteiger partial charge < -0.3 is 4.98 Å². The molecule has 0 saturated heterocycles. The van der Waals surface area contributed by atoms with Gasteiger partial charge in [0.25, 0.3) is 0 Å². The molecule has 0 spiro atoms. The van der Waals surface area contributed by atoms with Crippen LogP contribution in [-0.2, 0) is 4.79 Å². The second-order valence-electron chi connectivity index (χ2n) is 5.12. The van der Waals surface area contributed by atoms with Crippen LogP contribution in [0, 0.1) is 0 Å². The molecule has 1 amide bonds. The summed E-state index contributed by atoms with van der Waals surface area (Å²) >= 11 is 0. The molecule has 3 rings (SSSR count). The Morgan fingerprint density at radius 1 is 1.00 bits per heavy atom. The van der Waals surface area contributed by atoms with E-state index in [1.807, 2.05) is 36.4 Å². The first-order chi connectivity index (χ1) is 11.3. The highest BCUT2D eigenvalue weighted by Crippen LogP contribution is 2.21. The Morgan fingerprint density at radius 2 is 1.61 bits per heavy atom. The van der Waals surface area contributed by atoms with E-state index in [0.29, 0.717) is 5.95 Å². The van der Waals surface area contributed by atoms with Crippen molar-refractivity contribution in [2.45, 2.75) is 6.04 Å². The van der Waals surface area contributed by atoms with Crippen molar-refractivity contribution >= 4 is 11.9 Å². The van der Waals surface area contributed by atoms with E-state index in [4.69, 9.17) is 0 Å². The van der Waals surface area contributed by atoms with E-state index in [1.54, 1.807) is 12.4 Å². The Bertz CT molecular complexity index is 687. The van der Waals surface area contributed by atoms with E-state index < -0.39 is 0 Å². The van der Waals surface area contributed by atoms with Gasteiger partial charge in [-0.25, -0.2) is 4.98 Å². The van der Waals surface area contributed by atoms with Gasteiger partial charge in [-0.3, -0.25) is 15.4 Å². The van der Waals surface area contributed by atoms with Gasteiger partial charge in [0, 0.05) is 12.4 Å². The van der Waals surface area contributed by atoms with Crippen LogP contribution < -0.4 is 10.6 Å². The number of aromatic nitrogens is 2. The molecule has 0 fully saturated rings. The lowest BCUT2D eigenvalue weighted by atomic mass is 9.99. The molecule has 0 aliphatic rings. The maximum atomic E-state index is 12.0. The van der Waals surface area contributed by atoms with Gasteiger partial charge in [-0.15, -0.1) is 0 Å². The second kappa shape index (κ2) is 7.38. The highest BCUT2D eigenvalue weighted by Gasteiger charge is 2.14. The second-order valence-corrected chi connectivity index (χ2v) is 5.12. The van der Waals surface area contributed by atoms with Crippen molar-refractivity contribution in [2.24, 2.45) is 0 Å². The van der Waals surface area contributed by atoms with Crippen molar-refractivity contribution in [3.8, 4) is 0 Å². The largest absolute Gasteiger partial charge is 0.331 e. The molecule has 5 heteroatoms. The molecule has 0 atom stereocenters. The first kappa shape index (κ1) is 15.0. The maximum absolute atomic E-state index is 12.0. The third-order valence-electron chi connectivity index (χ3n) is 3.49. The van der Waals surface area contributed by atoms with Gasteiger partial charge in [0.2, 0.25) is 11.9 Å². The van der Waals surface area contributed by atoms with Gasteiger partial charge in [-0.1, -0.05) is 60.7 Å². The topological polar surface area (TPSA) is 69.8 Å². The minimum absolute atomic E-state index is 0.0419. The van der Waals surface area contributed by atoms with Gasteiger partial charge in [-0.05, 0) is 11.1 Å². The molecule has 1 aromatic heterocycles. The Morgan fingerprint density at radius 3 is 2.13 bits per heavy atom. The SMILES string of the molecule is O=C(CNC(c1ccccc1)c1ccccc1)Nc1ncc[nH]1. The van der Waals surface area contributed by atoms with Gasteiger partial charge in [0.05, 0.1) is 12.6 Å². The summed E-state index contributed by atoms with van der Waals surface area (Å²) in [7, 11) is 0. The van der Waals surface area contributed by atoms with Crippen LogP contribution in [0.4, 0.5) is 5.95 Å². The molecule has 0 aliphatic heterocycles. The molecule has 0 unspecified atom stereocenters. The average Bonchev–Trinajstić information content (AvgIpc) is 3.10. The number of hydrogen-bond acceptors (Lipinski definition) is 3. The predicted molar refractivity (Wildman–Crippen MR) is 89.9 cm³/mol. The number of amides is 1. The van der Waals surface area contributed by atoms with Crippen molar-refractivity contribution in [2.75, 3.05) is 11.9 Å². The monoisotopic (exact) mass is 306 g/mol. The summed E-state index contributed by atoms with van der Waals surface area (Å²) in [4.78, 5) is 18.9. The quantitative estimate of drug-likeness (QED) is 0.656. The average molecular weight is 306 g/mol. The maximum Gasteiger partial charge on any atom is 0.240 e. The molecule has 0 radical (unpaired) electrons. The number of anilines is 1. The van der Waals surface area contributed by atoms with Crippen molar-refractivity contribution in [1.82, 2.24) is 15.3 Å². The number of nitrogens with zero attached hydrogens (tertiary/aromatic N) is 1. The van der Waals surface area contributed by atoms with E-state index in [-0.39, 0.29) is 18.5 Å². The molecule has 3 aromatic rings. The zero-order chi connectivity index (χ0) is 15.9. The molecule has 0 saturated carbocycles. The molecule has 1 heterocycles. The fourth-order valence-electron chi connectivity index (χ4n) is 2.42. The fraction of sp³-hybridized carbons (Fsp3) is 0.111. The fourth-order valence-corrected chi connectivity index (χ4v) is 2.42. The zero-order valence-electron chi connectivity index (χ0n) is 12.6. The molecular weight excluding hydrogens is 288 g/mol. The first-order valence-corrected chi connectivity index (χ1v) is 7.45. The van der Waals surface area contributed by atoms with Crippen LogP contribution in [0.25, 0.3) is 0 Å². The van der Waals surface area contributed by atoms with Gasteiger partial charge in [0.15, 0.2) is 0 Å². The number of benzene rings is 2. The summed E-state index contributed by atoms with van der Waals surface area (Å²) in [6, 6.07) is 20.1. The van der Waals surface area contributed by atoms with E-state index >= 15 is 0 Å². The van der Waals surface area contributed by atoms with Gasteiger partial charge >= 0.3 is 0 Å². The number of aromatic amines is 1. The van der Waals surface area contributed by atoms with Crippen LogP contribution in [0.15, 0.2) is 73.1 Å². The van der Waals surface area contributed by atoms with E-state index in [2.05, 4.69) is 44.9 Å². The highest BCUT2D eigenvalue weighted by molar-refractivity contribution is 5.90. The van der Waals surface area contributed by atoms with Crippen LogP contribution >= 0.6 is 0 Å². The number of nitrogens with one attached hydrogen (secondary N) is 3. The molecule has 116 valence electrons. The predicted octanol–water partition coefficient (Wildman–Crippen LogP) is 2.73. The van der Waals surface area contributed by atoms with Crippen LogP contribution in [0.2, 0.25) is 0 Å². The number of hydrogen-bond donors (Lipinski definition) is 3. The van der Waals surface area contributed by atoms with Crippen molar-refractivity contribution in [3.05, 3.63) is 84.2 Å². The normalized spacial score (nSPS) is 10.7. The van der Waals surface area contributed by atoms with Crippen LogP contribution in [0.3, 0.4) is 0 Å². The summed E-state index contributed by atoms with van der Waals surface area (Å²) in [6.07, 6.45) is 3.26. The minimum atomic E-state index is -0.142. The molecule has 5 nitrogen and oxygen atoms in total.